The average molecular weight is 273 g/mol. The largest absolute Gasteiger partial charge is 0.324 e. The molecule has 1 fully saturated rings. The van der Waals surface area contributed by atoms with Gasteiger partial charge in [-0.3, -0.25) is 0 Å². The molecule has 0 bridgehead atoms. The van der Waals surface area contributed by atoms with Crippen molar-refractivity contribution in [2.75, 3.05) is 0 Å². The molecule has 0 saturated heterocycles. The van der Waals surface area contributed by atoms with Crippen LogP contribution in [-0.2, 0) is 19.3 Å². The van der Waals surface area contributed by atoms with Crippen molar-refractivity contribution in [1.29, 1.82) is 0 Å². The van der Waals surface area contributed by atoms with E-state index >= 15 is 0 Å². The predicted octanol–water partition coefficient (Wildman–Crippen LogP) is 4.81. The third-order valence-corrected chi connectivity index (χ3v) is 5.30. The Labute approximate surface area is 125 Å². The monoisotopic (exact) mass is 273 g/mol. The van der Waals surface area contributed by atoms with Gasteiger partial charge in [0.05, 0.1) is 0 Å². The van der Waals surface area contributed by atoms with Crippen molar-refractivity contribution in [3.05, 3.63) is 34.4 Å². The minimum absolute atomic E-state index is 0.239. The van der Waals surface area contributed by atoms with E-state index in [4.69, 9.17) is 5.73 Å². The summed E-state index contributed by atoms with van der Waals surface area (Å²) in [4.78, 5) is 0. The van der Waals surface area contributed by atoms with E-state index in [1.807, 2.05) is 0 Å². The van der Waals surface area contributed by atoms with E-state index in [2.05, 4.69) is 39.8 Å². The van der Waals surface area contributed by atoms with Crippen molar-refractivity contribution >= 4 is 0 Å². The van der Waals surface area contributed by atoms with Gasteiger partial charge in [0.15, 0.2) is 0 Å². The maximum absolute atomic E-state index is 6.74. The molecule has 1 heteroatoms. The molecule has 20 heavy (non-hydrogen) atoms. The molecule has 1 aliphatic rings. The number of hydrogen-bond acceptors (Lipinski definition) is 1. The molecule has 1 aromatic rings. The highest BCUT2D eigenvalue weighted by molar-refractivity contribution is 5.42. The van der Waals surface area contributed by atoms with Crippen LogP contribution in [0.2, 0.25) is 0 Å². The van der Waals surface area contributed by atoms with Crippen molar-refractivity contribution in [2.24, 2.45) is 17.6 Å². The predicted molar refractivity (Wildman–Crippen MR) is 88.0 cm³/mol. The van der Waals surface area contributed by atoms with Crippen LogP contribution in [-0.4, -0.2) is 0 Å². The quantitative estimate of drug-likeness (QED) is 0.818. The lowest BCUT2D eigenvalue weighted by Gasteiger charge is -2.28. The lowest BCUT2D eigenvalue weighted by molar-refractivity contribution is 0.348. The molecular formula is C19H31N. The molecule has 0 heterocycles. The zero-order valence-corrected chi connectivity index (χ0v) is 13.7. The summed E-state index contributed by atoms with van der Waals surface area (Å²) < 4.78 is 0. The fraction of sp³-hybridized carbons (Fsp3) is 0.684. The summed E-state index contributed by atoms with van der Waals surface area (Å²) in [6.07, 6.45) is 7.35. The summed E-state index contributed by atoms with van der Waals surface area (Å²) in [5.74, 6) is 1.46. The molecule has 0 aromatic heterocycles. The Bertz CT molecular complexity index is 424. The second kappa shape index (κ2) is 6.76. The summed E-state index contributed by atoms with van der Waals surface area (Å²) in [6, 6.07) is 5.03. The fourth-order valence-electron chi connectivity index (χ4n) is 3.99. The van der Waals surface area contributed by atoms with Crippen molar-refractivity contribution in [2.45, 2.75) is 72.3 Å². The van der Waals surface area contributed by atoms with E-state index in [-0.39, 0.29) is 6.04 Å². The first-order chi connectivity index (χ1) is 9.62. The maximum atomic E-state index is 6.74. The Morgan fingerprint density at radius 1 is 1.05 bits per heavy atom. The van der Waals surface area contributed by atoms with Gasteiger partial charge in [0.1, 0.15) is 0 Å². The molecule has 0 amide bonds. The Morgan fingerprint density at radius 3 is 2.05 bits per heavy atom. The molecule has 1 saturated carbocycles. The summed E-state index contributed by atoms with van der Waals surface area (Å²) in [5, 5.41) is 0. The van der Waals surface area contributed by atoms with E-state index in [0.717, 1.165) is 25.2 Å². The van der Waals surface area contributed by atoms with Gasteiger partial charge in [-0.25, -0.2) is 0 Å². The van der Waals surface area contributed by atoms with Crippen LogP contribution in [0.4, 0.5) is 0 Å². The van der Waals surface area contributed by atoms with Gasteiger partial charge in [0.2, 0.25) is 0 Å². The lowest BCUT2D eigenvalue weighted by atomic mass is 9.80. The topological polar surface area (TPSA) is 26.0 Å². The van der Waals surface area contributed by atoms with Crippen LogP contribution in [0.5, 0.6) is 0 Å². The summed E-state index contributed by atoms with van der Waals surface area (Å²) in [5.41, 5.74) is 12.7. The van der Waals surface area contributed by atoms with Crippen molar-refractivity contribution < 1.29 is 0 Å². The molecule has 3 unspecified atom stereocenters. The van der Waals surface area contributed by atoms with Crippen molar-refractivity contribution in [3.63, 3.8) is 0 Å². The second-order valence-electron chi connectivity index (χ2n) is 6.49. The maximum Gasteiger partial charge on any atom is 0.0331 e. The Morgan fingerprint density at radius 2 is 1.65 bits per heavy atom. The zero-order chi connectivity index (χ0) is 14.7. The first-order valence-corrected chi connectivity index (χ1v) is 8.52. The normalized spacial score (nSPS) is 24.1. The van der Waals surface area contributed by atoms with E-state index in [1.165, 1.54) is 41.5 Å². The number of rotatable bonds is 5. The van der Waals surface area contributed by atoms with Crippen LogP contribution in [0.25, 0.3) is 0 Å². The molecule has 0 aliphatic heterocycles. The van der Waals surface area contributed by atoms with Crippen LogP contribution in [0.1, 0.15) is 75.3 Å². The number of aryl methyl sites for hydroxylation is 3. The van der Waals surface area contributed by atoms with Crippen LogP contribution in [0, 0.1) is 11.8 Å². The van der Waals surface area contributed by atoms with Gasteiger partial charge >= 0.3 is 0 Å². The average Bonchev–Trinajstić information content (AvgIpc) is 2.91. The minimum Gasteiger partial charge on any atom is -0.324 e. The number of hydrogen-bond donors (Lipinski definition) is 1. The highest BCUT2D eigenvalue weighted by Gasteiger charge is 2.31. The van der Waals surface area contributed by atoms with Crippen LogP contribution in [0.3, 0.4) is 0 Å². The van der Waals surface area contributed by atoms with Crippen LogP contribution in [0.15, 0.2) is 12.1 Å². The molecule has 1 aliphatic carbocycles. The second-order valence-corrected chi connectivity index (χ2v) is 6.49. The molecule has 0 radical (unpaired) electrons. The molecule has 1 nitrogen and oxygen atoms in total. The van der Waals surface area contributed by atoms with Crippen molar-refractivity contribution in [1.82, 2.24) is 0 Å². The number of benzene rings is 1. The SMILES string of the molecule is CCc1cc(CC)c(C(N)C2CCCC2C)c(CC)c1. The van der Waals surface area contributed by atoms with E-state index in [9.17, 15) is 0 Å². The van der Waals surface area contributed by atoms with Crippen molar-refractivity contribution in [3.8, 4) is 0 Å². The Balaban J connectivity index is 2.42. The van der Waals surface area contributed by atoms with E-state index < -0.39 is 0 Å². The zero-order valence-electron chi connectivity index (χ0n) is 13.7. The molecule has 2 rings (SSSR count). The van der Waals surface area contributed by atoms with Gasteiger partial charge in [-0.2, -0.15) is 0 Å². The van der Waals surface area contributed by atoms with Gasteiger partial charge in [0.25, 0.3) is 0 Å². The van der Waals surface area contributed by atoms with E-state index in [0.29, 0.717) is 5.92 Å². The number of nitrogens with two attached hydrogens (primary N) is 1. The lowest BCUT2D eigenvalue weighted by Crippen LogP contribution is -2.26. The first kappa shape index (κ1) is 15.6. The standard InChI is InChI=1S/C19H31N/c1-5-14-11-15(6-2)18(16(7-3)12-14)19(20)17-10-8-9-13(17)4/h11-13,17,19H,5-10,20H2,1-4H3. The van der Waals surface area contributed by atoms with Gasteiger partial charge in [-0.05, 0) is 59.8 Å². The molecule has 1 aromatic carbocycles. The van der Waals surface area contributed by atoms with Gasteiger partial charge in [0, 0.05) is 6.04 Å². The molecular weight excluding hydrogens is 242 g/mol. The van der Waals surface area contributed by atoms with Crippen LogP contribution >= 0.6 is 0 Å². The van der Waals surface area contributed by atoms with Gasteiger partial charge < -0.3 is 5.73 Å². The van der Waals surface area contributed by atoms with Crippen LogP contribution < -0.4 is 5.73 Å². The Kier molecular flexibility index (Phi) is 5.26. The van der Waals surface area contributed by atoms with Gasteiger partial charge in [-0.1, -0.05) is 52.7 Å². The van der Waals surface area contributed by atoms with Gasteiger partial charge in [-0.15, -0.1) is 0 Å². The summed E-state index contributed by atoms with van der Waals surface area (Å²) in [6.45, 7) is 9.16. The smallest absolute Gasteiger partial charge is 0.0331 e. The third kappa shape index (κ3) is 2.93. The molecule has 2 N–H and O–H groups in total. The summed E-state index contributed by atoms with van der Waals surface area (Å²) >= 11 is 0. The summed E-state index contributed by atoms with van der Waals surface area (Å²) in [7, 11) is 0. The first-order valence-electron chi connectivity index (χ1n) is 8.52. The Hall–Kier alpha value is -0.820. The third-order valence-electron chi connectivity index (χ3n) is 5.30. The molecule has 112 valence electrons. The highest BCUT2D eigenvalue weighted by atomic mass is 14.7. The molecule has 3 atom stereocenters. The molecule has 0 spiro atoms. The fourth-order valence-corrected chi connectivity index (χ4v) is 3.99. The highest BCUT2D eigenvalue weighted by Crippen LogP contribution is 2.41. The van der Waals surface area contributed by atoms with E-state index in [1.54, 1.807) is 0 Å². The minimum atomic E-state index is 0.239.